The van der Waals surface area contributed by atoms with E-state index >= 15 is 0 Å². The summed E-state index contributed by atoms with van der Waals surface area (Å²) in [6, 6.07) is 23.7. The Morgan fingerprint density at radius 1 is 0.875 bits per heavy atom. The number of benzene rings is 4. The number of halogens is 1. The van der Waals surface area contributed by atoms with Crippen LogP contribution >= 0.6 is 7.60 Å². The third-order valence-electron chi connectivity index (χ3n) is 7.14. The van der Waals surface area contributed by atoms with E-state index in [0.29, 0.717) is 27.9 Å². The van der Waals surface area contributed by atoms with Crippen molar-refractivity contribution in [1.82, 2.24) is 0 Å². The molecule has 1 saturated heterocycles. The predicted octanol–water partition coefficient (Wildman–Crippen LogP) is 4.77. The molecule has 0 aromatic heterocycles. The molecule has 3 atom stereocenters. The van der Waals surface area contributed by atoms with E-state index in [1.165, 1.54) is 58.9 Å². The lowest BCUT2D eigenvalue weighted by Gasteiger charge is -2.48. The highest BCUT2D eigenvalue weighted by atomic mass is 32.2. The summed E-state index contributed by atoms with van der Waals surface area (Å²) in [6.45, 7) is 0. The molecule has 0 unspecified atom stereocenters. The predicted molar refractivity (Wildman–Crippen MR) is 150 cm³/mol. The van der Waals surface area contributed by atoms with E-state index in [0.717, 1.165) is 0 Å². The highest BCUT2D eigenvalue weighted by molar-refractivity contribution is 7.95. The van der Waals surface area contributed by atoms with Gasteiger partial charge in [-0.15, -0.1) is 0 Å². The van der Waals surface area contributed by atoms with Gasteiger partial charge in [0, 0.05) is 5.56 Å². The van der Waals surface area contributed by atoms with Crippen LogP contribution in [-0.4, -0.2) is 33.7 Å². The molecular formula is C29H27FNO7PS. The minimum atomic E-state index is -4.39. The number of para-hydroxylation sites is 1. The monoisotopic (exact) mass is 583 g/mol. The third-order valence-corrected chi connectivity index (χ3v) is 10.4. The van der Waals surface area contributed by atoms with Crippen molar-refractivity contribution in [1.29, 1.82) is 0 Å². The number of anilines is 1. The second-order valence-electron chi connectivity index (χ2n) is 9.67. The Morgan fingerprint density at radius 3 is 2.10 bits per heavy atom. The molecule has 11 heteroatoms. The van der Waals surface area contributed by atoms with Gasteiger partial charge < -0.3 is 20.0 Å². The van der Waals surface area contributed by atoms with Gasteiger partial charge in [-0.2, -0.15) is 0 Å². The first kappa shape index (κ1) is 28.0. The third kappa shape index (κ3) is 5.41. The highest BCUT2D eigenvalue weighted by Gasteiger charge is 2.54. The molecule has 4 N–H and O–H groups in total. The number of rotatable bonds is 8. The number of aliphatic hydroxyl groups excluding tert-OH is 1. The summed E-state index contributed by atoms with van der Waals surface area (Å²) in [5.74, 6) is -0.575. The van der Waals surface area contributed by atoms with Crippen LogP contribution in [0.4, 0.5) is 10.1 Å². The topological polar surface area (TPSA) is 135 Å². The van der Waals surface area contributed by atoms with Crippen molar-refractivity contribution in [3.63, 3.8) is 0 Å². The summed E-state index contributed by atoms with van der Waals surface area (Å²) in [5, 5.41) is 20.7. The largest absolute Gasteiger partial charge is 0.508 e. The first-order chi connectivity index (χ1) is 19.0. The number of phenolic OH excluding ortho intramolecular Hbond substituents is 1. The molecule has 4 aromatic carbocycles. The number of nitrogens with zero attached hydrogens (tertiary/aromatic N) is 1. The van der Waals surface area contributed by atoms with E-state index < -0.39 is 40.8 Å². The summed E-state index contributed by atoms with van der Waals surface area (Å²) >= 11 is 0. The van der Waals surface area contributed by atoms with E-state index in [-0.39, 0.29) is 23.9 Å². The van der Waals surface area contributed by atoms with Crippen LogP contribution in [0.2, 0.25) is 0 Å². The molecule has 1 fully saturated rings. The van der Waals surface area contributed by atoms with E-state index in [9.17, 15) is 37.4 Å². The van der Waals surface area contributed by atoms with Gasteiger partial charge in [-0.25, -0.2) is 12.8 Å². The molecule has 4 aromatic rings. The number of aliphatic hydroxyl groups is 1. The maximum absolute atomic E-state index is 13.5. The second kappa shape index (κ2) is 10.8. The van der Waals surface area contributed by atoms with Gasteiger partial charge in [0.1, 0.15) is 16.8 Å². The quantitative estimate of drug-likeness (QED) is 0.219. The van der Waals surface area contributed by atoms with Crippen LogP contribution in [0.1, 0.15) is 36.1 Å². The molecule has 1 aliphatic heterocycles. The van der Waals surface area contributed by atoms with Crippen LogP contribution < -0.4 is 9.61 Å². The SMILES string of the molecule is O=P(O)(O)c1ccc(-c2ccc([C@@H]3[C@H](CC[C@@H](O)c4ccc(F)cc4)S(=O)(=O)N3c3ccccc3)c(O)c2)cc1. The fourth-order valence-corrected chi connectivity index (χ4v) is 7.72. The summed E-state index contributed by atoms with van der Waals surface area (Å²) in [6.07, 6.45) is -0.784. The fraction of sp³-hybridized carbons (Fsp3) is 0.172. The van der Waals surface area contributed by atoms with Crippen LogP contribution in [0.15, 0.2) is 97.1 Å². The minimum absolute atomic E-state index is 0.0971. The molecule has 0 bridgehead atoms. The van der Waals surface area contributed by atoms with Crippen molar-refractivity contribution in [2.45, 2.75) is 30.2 Å². The normalized spacial score (nSPS) is 19.1. The van der Waals surface area contributed by atoms with E-state index in [1.807, 2.05) is 0 Å². The van der Waals surface area contributed by atoms with Gasteiger partial charge in [-0.1, -0.05) is 54.6 Å². The van der Waals surface area contributed by atoms with Crippen molar-refractivity contribution < 1.29 is 37.4 Å². The number of hydrogen-bond donors (Lipinski definition) is 4. The minimum Gasteiger partial charge on any atom is -0.508 e. The van der Waals surface area contributed by atoms with Crippen LogP contribution in [0.3, 0.4) is 0 Å². The molecule has 40 heavy (non-hydrogen) atoms. The van der Waals surface area contributed by atoms with Crippen LogP contribution in [-0.2, 0) is 14.6 Å². The van der Waals surface area contributed by atoms with Gasteiger partial charge >= 0.3 is 7.60 Å². The van der Waals surface area contributed by atoms with Gasteiger partial charge in [0.05, 0.1) is 23.1 Å². The number of sulfonamides is 1. The maximum atomic E-state index is 13.5. The Labute approximate surface area is 231 Å². The Hall–Kier alpha value is -3.53. The van der Waals surface area contributed by atoms with Crippen LogP contribution in [0.5, 0.6) is 5.75 Å². The zero-order chi connectivity index (χ0) is 28.7. The number of aromatic hydroxyl groups is 1. The Bertz CT molecular complexity index is 1660. The summed E-state index contributed by atoms with van der Waals surface area (Å²) in [7, 11) is -8.21. The second-order valence-corrected chi connectivity index (χ2v) is 13.3. The molecule has 0 amide bonds. The summed E-state index contributed by atoms with van der Waals surface area (Å²) in [4.78, 5) is 18.7. The van der Waals surface area contributed by atoms with Crippen molar-refractivity contribution in [2.24, 2.45) is 0 Å². The first-order valence-corrected chi connectivity index (χ1v) is 15.6. The molecule has 1 heterocycles. The molecule has 1 aliphatic rings. The molecule has 0 radical (unpaired) electrons. The van der Waals surface area contributed by atoms with Crippen molar-refractivity contribution in [2.75, 3.05) is 4.31 Å². The maximum Gasteiger partial charge on any atom is 0.356 e. The molecule has 5 rings (SSSR count). The number of hydrogen-bond acceptors (Lipinski definition) is 5. The lowest BCUT2D eigenvalue weighted by Crippen LogP contribution is -2.58. The van der Waals surface area contributed by atoms with Crippen molar-refractivity contribution in [3.8, 4) is 16.9 Å². The van der Waals surface area contributed by atoms with Crippen molar-refractivity contribution >= 4 is 28.6 Å². The average molecular weight is 584 g/mol. The summed E-state index contributed by atoms with van der Waals surface area (Å²) in [5.41, 5.74) is 2.50. The van der Waals surface area contributed by atoms with Gasteiger partial charge in [-0.05, 0) is 72.0 Å². The summed E-state index contributed by atoms with van der Waals surface area (Å²) < 4.78 is 53.0. The van der Waals surface area contributed by atoms with Crippen LogP contribution in [0.25, 0.3) is 11.1 Å². The molecule has 0 spiro atoms. The van der Waals surface area contributed by atoms with Crippen LogP contribution in [0, 0.1) is 5.82 Å². The Kier molecular flexibility index (Phi) is 7.56. The zero-order valence-electron chi connectivity index (χ0n) is 21.1. The Morgan fingerprint density at radius 2 is 1.50 bits per heavy atom. The van der Waals surface area contributed by atoms with Gasteiger partial charge in [0.25, 0.3) is 0 Å². The Balaban J connectivity index is 1.46. The smallest absolute Gasteiger partial charge is 0.356 e. The van der Waals surface area contributed by atoms with Gasteiger partial charge in [0.15, 0.2) is 0 Å². The lowest BCUT2D eigenvalue weighted by atomic mass is 9.94. The fourth-order valence-electron chi connectivity index (χ4n) is 5.07. The number of phenols is 1. The zero-order valence-corrected chi connectivity index (χ0v) is 22.8. The standard InChI is InChI=1S/C29H27FNO7PS/c30-22-11-6-20(7-12-22)26(32)16-17-28-29(31(40(28,37)38)23-4-2-1-3-5-23)25-15-10-21(18-27(25)33)19-8-13-24(14-9-19)39(34,35)36/h1-15,18,26,28-29,32-33H,16-17H2,(H2,34,35,36)/t26-,28+,29-/m1/s1. The van der Waals surface area contributed by atoms with E-state index in [2.05, 4.69) is 0 Å². The molecular weight excluding hydrogens is 556 g/mol. The van der Waals surface area contributed by atoms with Gasteiger partial charge in [-0.3, -0.25) is 8.87 Å². The molecule has 8 nitrogen and oxygen atoms in total. The first-order valence-electron chi connectivity index (χ1n) is 12.5. The average Bonchev–Trinajstić information content (AvgIpc) is 2.92. The highest BCUT2D eigenvalue weighted by Crippen LogP contribution is 2.50. The molecule has 0 saturated carbocycles. The van der Waals surface area contributed by atoms with Crippen molar-refractivity contribution in [3.05, 3.63) is 114 Å². The van der Waals surface area contributed by atoms with E-state index in [4.69, 9.17) is 0 Å². The molecule has 0 aliphatic carbocycles. The van der Waals surface area contributed by atoms with Gasteiger partial charge in [0.2, 0.25) is 10.0 Å². The lowest BCUT2D eigenvalue weighted by molar-refractivity contribution is 0.162. The van der Waals surface area contributed by atoms with E-state index in [1.54, 1.807) is 42.5 Å². The molecule has 208 valence electrons.